The maximum atomic E-state index is 13.1. The summed E-state index contributed by atoms with van der Waals surface area (Å²) < 4.78 is 10.6. The predicted octanol–water partition coefficient (Wildman–Crippen LogP) is 5.02. The van der Waals surface area contributed by atoms with Gasteiger partial charge in [-0.1, -0.05) is 35.9 Å². The van der Waals surface area contributed by atoms with Gasteiger partial charge in [0, 0.05) is 28.0 Å². The molecule has 0 atom stereocenters. The number of hydrogen-bond acceptors (Lipinski definition) is 4. The average Bonchev–Trinajstić information content (AvgIpc) is 3.21. The van der Waals surface area contributed by atoms with Crippen LogP contribution in [0.25, 0.3) is 10.9 Å². The van der Waals surface area contributed by atoms with Gasteiger partial charge in [-0.15, -0.1) is 0 Å². The van der Waals surface area contributed by atoms with Crippen LogP contribution in [-0.2, 0) is 6.54 Å². The third-order valence-corrected chi connectivity index (χ3v) is 5.43. The van der Waals surface area contributed by atoms with Crippen molar-refractivity contribution in [3.05, 3.63) is 88.6 Å². The molecular weight excluding hydrogens is 442 g/mol. The number of fused-ring (bicyclic) bond motifs is 1. The fraction of sp³-hybridized carbons (Fsp3) is 0.120. The van der Waals surface area contributed by atoms with E-state index < -0.39 is 0 Å². The van der Waals surface area contributed by atoms with Gasteiger partial charge in [0.15, 0.2) is 11.5 Å². The molecule has 1 aromatic heterocycles. The molecule has 0 saturated heterocycles. The highest BCUT2D eigenvalue weighted by Gasteiger charge is 2.20. The second-order valence-corrected chi connectivity index (χ2v) is 7.69. The van der Waals surface area contributed by atoms with Gasteiger partial charge in [-0.25, -0.2) is 0 Å². The van der Waals surface area contributed by atoms with Crippen LogP contribution in [0.15, 0.2) is 66.7 Å². The first kappa shape index (κ1) is 22.2. The Hall–Kier alpha value is -3.97. The van der Waals surface area contributed by atoms with Crippen LogP contribution in [0, 0.1) is 0 Å². The number of aromatic amines is 1. The zero-order valence-corrected chi connectivity index (χ0v) is 18.8. The second kappa shape index (κ2) is 9.67. The van der Waals surface area contributed by atoms with Crippen molar-refractivity contribution in [3.8, 4) is 11.5 Å². The van der Waals surface area contributed by atoms with Gasteiger partial charge >= 0.3 is 0 Å². The number of amides is 2. The fourth-order valence-corrected chi connectivity index (χ4v) is 3.62. The van der Waals surface area contributed by atoms with E-state index in [1.807, 2.05) is 30.3 Å². The molecule has 3 aromatic carbocycles. The number of methoxy groups -OCH3 is 2. The van der Waals surface area contributed by atoms with Crippen molar-refractivity contribution < 1.29 is 19.1 Å². The van der Waals surface area contributed by atoms with Gasteiger partial charge in [0.2, 0.25) is 0 Å². The lowest BCUT2D eigenvalue weighted by Gasteiger charge is -2.11. The number of aromatic nitrogens is 1. The van der Waals surface area contributed by atoms with E-state index in [1.165, 1.54) is 0 Å². The van der Waals surface area contributed by atoms with Crippen LogP contribution in [0.5, 0.6) is 11.5 Å². The summed E-state index contributed by atoms with van der Waals surface area (Å²) in [6.45, 7) is 0.263. The SMILES string of the molecule is COc1ccc(CNC(=O)c2[nH]c3ccccc3c2NC(=O)c2ccc(Cl)cc2)cc1OC. The number of benzene rings is 3. The Morgan fingerprint density at radius 1 is 0.909 bits per heavy atom. The van der Waals surface area contributed by atoms with Gasteiger partial charge in [-0.2, -0.15) is 0 Å². The molecule has 0 aliphatic carbocycles. The summed E-state index contributed by atoms with van der Waals surface area (Å²) in [5, 5.41) is 7.03. The highest BCUT2D eigenvalue weighted by Crippen LogP contribution is 2.29. The van der Waals surface area contributed by atoms with Crippen molar-refractivity contribution in [2.24, 2.45) is 0 Å². The summed E-state index contributed by atoms with van der Waals surface area (Å²) in [6, 6.07) is 19.4. The molecule has 0 fully saturated rings. The summed E-state index contributed by atoms with van der Waals surface area (Å²) in [5.41, 5.74) is 2.68. The molecule has 1 heterocycles. The molecule has 0 aliphatic heterocycles. The molecule has 3 N–H and O–H groups in total. The third kappa shape index (κ3) is 4.78. The van der Waals surface area contributed by atoms with Gasteiger partial charge in [0.05, 0.1) is 19.9 Å². The number of rotatable bonds is 7. The standard InChI is InChI=1S/C25H22ClN3O4/c1-32-20-12-7-15(13-21(20)33-2)14-27-25(31)23-22(18-5-3-4-6-19(18)28-23)29-24(30)16-8-10-17(26)11-9-16/h3-13,28H,14H2,1-2H3,(H,27,31)(H,29,30). The predicted molar refractivity (Wildman–Crippen MR) is 128 cm³/mol. The molecule has 4 rings (SSSR count). The molecule has 4 aromatic rings. The molecule has 0 spiro atoms. The number of para-hydroxylation sites is 1. The van der Waals surface area contributed by atoms with Gasteiger partial charge in [0.1, 0.15) is 5.69 Å². The minimum Gasteiger partial charge on any atom is -0.493 e. The normalized spacial score (nSPS) is 10.6. The molecule has 0 aliphatic rings. The van der Waals surface area contributed by atoms with Crippen molar-refractivity contribution in [2.45, 2.75) is 6.54 Å². The van der Waals surface area contributed by atoms with E-state index in [0.29, 0.717) is 27.8 Å². The Morgan fingerprint density at radius 2 is 1.64 bits per heavy atom. The van der Waals surface area contributed by atoms with E-state index >= 15 is 0 Å². The maximum Gasteiger partial charge on any atom is 0.270 e. The van der Waals surface area contributed by atoms with Crippen molar-refractivity contribution in [1.82, 2.24) is 10.3 Å². The van der Waals surface area contributed by atoms with Gasteiger partial charge < -0.3 is 25.1 Å². The third-order valence-electron chi connectivity index (χ3n) is 5.18. The van der Waals surface area contributed by atoms with E-state index in [4.69, 9.17) is 21.1 Å². The molecule has 0 bridgehead atoms. The van der Waals surface area contributed by atoms with Crippen LogP contribution in [0.1, 0.15) is 26.4 Å². The Kier molecular flexibility index (Phi) is 6.51. The highest BCUT2D eigenvalue weighted by molar-refractivity contribution is 6.30. The molecule has 33 heavy (non-hydrogen) atoms. The van der Waals surface area contributed by atoms with Crippen LogP contribution in [0.4, 0.5) is 5.69 Å². The molecule has 168 valence electrons. The van der Waals surface area contributed by atoms with Crippen LogP contribution >= 0.6 is 11.6 Å². The first-order valence-corrected chi connectivity index (χ1v) is 10.5. The number of hydrogen-bond donors (Lipinski definition) is 3. The molecule has 2 amide bonds. The Morgan fingerprint density at radius 3 is 2.36 bits per heavy atom. The van der Waals surface area contributed by atoms with E-state index in [9.17, 15) is 9.59 Å². The summed E-state index contributed by atoms with van der Waals surface area (Å²) in [6.07, 6.45) is 0. The monoisotopic (exact) mass is 463 g/mol. The molecule has 0 radical (unpaired) electrons. The molecular formula is C25H22ClN3O4. The molecule has 7 nitrogen and oxygen atoms in total. The zero-order valence-electron chi connectivity index (χ0n) is 18.1. The number of ether oxygens (including phenoxy) is 2. The minimum atomic E-state index is -0.354. The quantitative estimate of drug-likeness (QED) is 0.359. The first-order valence-electron chi connectivity index (χ1n) is 10.2. The van der Waals surface area contributed by atoms with Crippen molar-refractivity contribution in [1.29, 1.82) is 0 Å². The summed E-state index contributed by atoms with van der Waals surface area (Å²) in [5.74, 6) is 0.485. The van der Waals surface area contributed by atoms with E-state index in [1.54, 1.807) is 50.6 Å². The van der Waals surface area contributed by atoms with E-state index in [-0.39, 0.29) is 24.1 Å². The van der Waals surface area contributed by atoms with Crippen molar-refractivity contribution in [3.63, 3.8) is 0 Å². The topological polar surface area (TPSA) is 92.5 Å². The second-order valence-electron chi connectivity index (χ2n) is 7.25. The number of halogens is 1. The largest absolute Gasteiger partial charge is 0.493 e. The summed E-state index contributed by atoms with van der Waals surface area (Å²) in [4.78, 5) is 29.0. The number of nitrogens with one attached hydrogen (secondary N) is 3. The number of carbonyl (C=O) groups is 2. The number of H-pyrrole nitrogens is 1. The maximum absolute atomic E-state index is 13.1. The Bertz CT molecular complexity index is 1320. The molecule has 0 saturated carbocycles. The lowest BCUT2D eigenvalue weighted by molar-refractivity contribution is 0.0947. The van der Waals surface area contributed by atoms with Crippen LogP contribution in [0.3, 0.4) is 0 Å². The van der Waals surface area contributed by atoms with Crippen LogP contribution in [0.2, 0.25) is 5.02 Å². The number of carbonyl (C=O) groups excluding carboxylic acids is 2. The van der Waals surface area contributed by atoms with Gasteiger partial charge in [-0.3, -0.25) is 9.59 Å². The molecule has 8 heteroatoms. The number of anilines is 1. The Balaban J connectivity index is 1.58. The minimum absolute atomic E-state index is 0.263. The smallest absolute Gasteiger partial charge is 0.270 e. The highest BCUT2D eigenvalue weighted by atomic mass is 35.5. The molecule has 0 unspecified atom stereocenters. The fourth-order valence-electron chi connectivity index (χ4n) is 3.49. The lowest BCUT2D eigenvalue weighted by atomic mass is 10.1. The van der Waals surface area contributed by atoms with E-state index in [0.717, 1.165) is 16.5 Å². The van der Waals surface area contributed by atoms with E-state index in [2.05, 4.69) is 15.6 Å². The summed E-state index contributed by atoms with van der Waals surface area (Å²) in [7, 11) is 3.12. The van der Waals surface area contributed by atoms with Crippen molar-refractivity contribution >= 4 is 40.0 Å². The summed E-state index contributed by atoms with van der Waals surface area (Å²) >= 11 is 5.92. The van der Waals surface area contributed by atoms with Crippen molar-refractivity contribution in [2.75, 3.05) is 19.5 Å². The van der Waals surface area contributed by atoms with Gasteiger partial charge in [0.25, 0.3) is 11.8 Å². The zero-order chi connectivity index (χ0) is 23.4. The first-order chi connectivity index (χ1) is 16.0. The van der Waals surface area contributed by atoms with Crippen LogP contribution < -0.4 is 20.1 Å². The average molecular weight is 464 g/mol. The van der Waals surface area contributed by atoms with Gasteiger partial charge in [-0.05, 0) is 48.0 Å². The Labute approximate surface area is 195 Å². The van der Waals surface area contributed by atoms with Crippen LogP contribution in [-0.4, -0.2) is 31.0 Å². The lowest BCUT2D eigenvalue weighted by Crippen LogP contribution is -2.25.